The standard InChI is InChI=1S/C20H24BrN5O2S/c1-10-23-18-15(12-7-6-11(20(2,3)4)8-14(12)29-18)19(28)26(10)24-17(27)16-13(21)9-22-25(16)5/h9,11H,6-8H2,1-5H3,(H,24,27)/t11-/m0/s1. The Hall–Kier alpha value is -2.00. The van der Waals surface area contributed by atoms with Gasteiger partial charge in [-0.05, 0) is 59.0 Å². The molecule has 0 aromatic carbocycles. The molecule has 0 spiro atoms. The van der Waals surface area contributed by atoms with Gasteiger partial charge in [-0.1, -0.05) is 20.8 Å². The Kier molecular flexibility index (Phi) is 4.93. The first-order chi connectivity index (χ1) is 13.6. The Morgan fingerprint density at radius 1 is 1.38 bits per heavy atom. The minimum Gasteiger partial charge on any atom is -0.267 e. The molecule has 154 valence electrons. The number of hydrogen-bond donors (Lipinski definition) is 1. The molecule has 3 aromatic rings. The van der Waals surface area contributed by atoms with Crippen molar-refractivity contribution in [3.05, 3.63) is 43.0 Å². The molecule has 1 atom stereocenters. The van der Waals surface area contributed by atoms with E-state index in [1.807, 2.05) is 0 Å². The third-order valence-corrected chi connectivity index (χ3v) is 7.53. The molecule has 0 aliphatic heterocycles. The van der Waals surface area contributed by atoms with Crippen molar-refractivity contribution in [2.75, 3.05) is 5.43 Å². The Balaban J connectivity index is 1.76. The molecule has 0 radical (unpaired) electrons. The van der Waals surface area contributed by atoms with Crippen molar-refractivity contribution in [2.24, 2.45) is 18.4 Å². The fourth-order valence-electron chi connectivity index (χ4n) is 4.02. The highest BCUT2D eigenvalue weighted by Crippen LogP contribution is 2.42. The molecule has 0 bridgehead atoms. The predicted molar refractivity (Wildman–Crippen MR) is 118 cm³/mol. The highest BCUT2D eigenvalue weighted by molar-refractivity contribution is 9.10. The summed E-state index contributed by atoms with van der Waals surface area (Å²) in [6.45, 7) is 8.56. The van der Waals surface area contributed by atoms with Crippen LogP contribution in [0.5, 0.6) is 0 Å². The molecule has 9 heteroatoms. The van der Waals surface area contributed by atoms with E-state index in [1.165, 1.54) is 14.2 Å². The number of thiophene rings is 1. The lowest BCUT2D eigenvalue weighted by molar-refractivity contribution is 0.0996. The average molecular weight is 478 g/mol. The summed E-state index contributed by atoms with van der Waals surface area (Å²) in [5.74, 6) is 0.633. The van der Waals surface area contributed by atoms with Crippen molar-refractivity contribution in [1.82, 2.24) is 19.4 Å². The molecule has 1 N–H and O–H groups in total. The van der Waals surface area contributed by atoms with Gasteiger partial charge in [0.15, 0.2) is 0 Å². The molecule has 4 rings (SSSR count). The van der Waals surface area contributed by atoms with E-state index < -0.39 is 5.91 Å². The van der Waals surface area contributed by atoms with Crippen LogP contribution in [0.15, 0.2) is 15.5 Å². The predicted octanol–water partition coefficient (Wildman–Crippen LogP) is 3.80. The monoisotopic (exact) mass is 477 g/mol. The van der Waals surface area contributed by atoms with Crippen LogP contribution >= 0.6 is 27.3 Å². The second kappa shape index (κ2) is 7.05. The highest BCUT2D eigenvalue weighted by Gasteiger charge is 2.32. The number of halogens is 1. The molecular formula is C20H24BrN5O2S. The lowest BCUT2D eigenvalue weighted by Crippen LogP contribution is -2.36. The van der Waals surface area contributed by atoms with Gasteiger partial charge in [0.2, 0.25) is 0 Å². The van der Waals surface area contributed by atoms with Crippen LogP contribution in [-0.2, 0) is 19.9 Å². The number of fused-ring (bicyclic) bond motifs is 3. The minimum absolute atomic E-state index is 0.217. The third-order valence-electron chi connectivity index (χ3n) is 5.80. The van der Waals surface area contributed by atoms with Crippen LogP contribution in [0.2, 0.25) is 0 Å². The number of nitrogens with one attached hydrogen (secondary N) is 1. The van der Waals surface area contributed by atoms with Gasteiger partial charge in [-0.2, -0.15) is 5.10 Å². The van der Waals surface area contributed by atoms with Crippen molar-refractivity contribution in [3.63, 3.8) is 0 Å². The molecule has 1 aliphatic rings. The highest BCUT2D eigenvalue weighted by atomic mass is 79.9. The zero-order chi connectivity index (χ0) is 21.1. The summed E-state index contributed by atoms with van der Waals surface area (Å²) < 4.78 is 3.29. The average Bonchev–Trinajstić information content (AvgIpc) is 3.16. The van der Waals surface area contributed by atoms with E-state index in [9.17, 15) is 9.59 Å². The van der Waals surface area contributed by atoms with Crippen LogP contribution < -0.4 is 11.0 Å². The van der Waals surface area contributed by atoms with Crippen molar-refractivity contribution >= 4 is 43.4 Å². The fourth-order valence-corrected chi connectivity index (χ4v) is 5.88. The Morgan fingerprint density at radius 3 is 2.72 bits per heavy atom. The first-order valence-electron chi connectivity index (χ1n) is 9.60. The summed E-state index contributed by atoms with van der Waals surface area (Å²) in [4.78, 5) is 32.7. The van der Waals surface area contributed by atoms with Crippen molar-refractivity contribution in [3.8, 4) is 0 Å². The molecule has 0 unspecified atom stereocenters. The largest absolute Gasteiger partial charge is 0.289 e. The van der Waals surface area contributed by atoms with Crippen LogP contribution in [-0.4, -0.2) is 25.3 Å². The number of nitrogens with zero attached hydrogens (tertiary/aromatic N) is 4. The van der Waals surface area contributed by atoms with Gasteiger partial charge in [-0.3, -0.25) is 19.7 Å². The number of aromatic nitrogens is 4. The Bertz CT molecular complexity index is 1160. The molecule has 7 nitrogen and oxygen atoms in total. The zero-order valence-electron chi connectivity index (χ0n) is 17.2. The summed E-state index contributed by atoms with van der Waals surface area (Å²) in [5, 5.41) is 4.70. The van der Waals surface area contributed by atoms with Gasteiger partial charge >= 0.3 is 0 Å². The minimum atomic E-state index is -0.417. The molecule has 3 aromatic heterocycles. The van der Waals surface area contributed by atoms with Crippen LogP contribution in [0.1, 0.15) is 53.9 Å². The summed E-state index contributed by atoms with van der Waals surface area (Å²) in [6, 6.07) is 0. The summed E-state index contributed by atoms with van der Waals surface area (Å²) in [6.07, 6.45) is 4.46. The van der Waals surface area contributed by atoms with Gasteiger partial charge in [0, 0.05) is 11.9 Å². The lowest BCUT2D eigenvalue weighted by Gasteiger charge is -2.33. The maximum Gasteiger partial charge on any atom is 0.289 e. The molecule has 0 fully saturated rings. The fraction of sp³-hybridized carbons (Fsp3) is 0.500. The summed E-state index contributed by atoms with van der Waals surface area (Å²) >= 11 is 4.95. The van der Waals surface area contributed by atoms with E-state index >= 15 is 0 Å². The quantitative estimate of drug-likeness (QED) is 0.608. The van der Waals surface area contributed by atoms with Crippen molar-refractivity contribution < 1.29 is 4.79 Å². The van der Waals surface area contributed by atoms with Crippen molar-refractivity contribution in [2.45, 2.75) is 47.0 Å². The summed E-state index contributed by atoms with van der Waals surface area (Å²) in [7, 11) is 1.68. The Morgan fingerprint density at radius 2 is 2.10 bits per heavy atom. The molecule has 3 heterocycles. The van der Waals surface area contributed by atoms with Gasteiger partial charge in [-0.15, -0.1) is 11.3 Å². The number of rotatable bonds is 2. The first kappa shape index (κ1) is 20.3. The van der Waals surface area contributed by atoms with E-state index in [0.717, 1.165) is 29.7 Å². The van der Waals surface area contributed by atoms with E-state index in [1.54, 1.807) is 31.5 Å². The van der Waals surface area contributed by atoms with Crippen LogP contribution in [0.25, 0.3) is 10.2 Å². The smallest absolute Gasteiger partial charge is 0.267 e. The van der Waals surface area contributed by atoms with E-state index in [4.69, 9.17) is 0 Å². The third kappa shape index (κ3) is 3.44. The van der Waals surface area contributed by atoms with Gasteiger partial charge in [0.1, 0.15) is 16.3 Å². The topological polar surface area (TPSA) is 81.8 Å². The SMILES string of the molecule is Cc1nc2sc3c(c2c(=O)n1NC(=O)c1c(Br)cnn1C)CC[C@H](C(C)(C)C)C3. The zero-order valence-corrected chi connectivity index (χ0v) is 19.6. The molecule has 1 amide bonds. The molecule has 0 saturated heterocycles. The van der Waals surface area contributed by atoms with Gasteiger partial charge in [0.25, 0.3) is 11.5 Å². The lowest BCUT2D eigenvalue weighted by atomic mass is 9.72. The second-order valence-corrected chi connectivity index (χ2v) is 10.6. The number of carbonyl (C=O) groups excluding carboxylic acids is 1. The van der Waals surface area contributed by atoms with Crippen LogP contribution in [0, 0.1) is 18.3 Å². The van der Waals surface area contributed by atoms with Gasteiger partial charge in [0.05, 0.1) is 16.1 Å². The van der Waals surface area contributed by atoms with E-state index in [-0.39, 0.29) is 11.0 Å². The number of aryl methyl sites for hydroxylation is 3. The van der Waals surface area contributed by atoms with Gasteiger partial charge in [-0.25, -0.2) is 9.66 Å². The maximum atomic E-state index is 13.3. The second-order valence-electron chi connectivity index (χ2n) is 8.69. The Labute approximate surface area is 181 Å². The molecule has 0 saturated carbocycles. The number of hydrogen-bond acceptors (Lipinski definition) is 5. The summed E-state index contributed by atoms with van der Waals surface area (Å²) in [5.41, 5.74) is 4.17. The molecular weight excluding hydrogens is 454 g/mol. The normalized spacial score (nSPS) is 16.8. The maximum absolute atomic E-state index is 13.3. The van der Waals surface area contributed by atoms with Crippen molar-refractivity contribution in [1.29, 1.82) is 0 Å². The molecule has 1 aliphatic carbocycles. The van der Waals surface area contributed by atoms with E-state index in [2.05, 4.69) is 52.2 Å². The van der Waals surface area contributed by atoms with Gasteiger partial charge < -0.3 is 0 Å². The molecule has 29 heavy (non-hydrogen) atoms. The van der Waals surface area contributed by atoms with Crippen LogP contribution in [0.4, 0.5) is 0 Å². The number of amides is 1. The first-order valence-corrected chi connectivity index (χ1v) is 11.2. The van der Waals surface area contributed by atoms with E-state index in [0.29, 0.717) is 27.3 Å². The number of carbonyl (C=O) groups is 1. The van der Waals surface area contributed by atoms with Crippen LogP contribution in [0.3, 0.4) is 0 Å².